The molecule has 2 N–H and O–H groups in total. The fraction of sp³-hybridized carbons (Fsp3) is 0.111. The SMILES string of the molecule is COc1ccc2c(Nc3ccc(O)c(Cl)c3)c(C#N)cnc2c1OC. The normalized spacial score (nSPS) is 10.3. The monoisotopic (exact) mass is 355 g/mol. The Labute approximate surface area is 149 Å². The number of hydrogen-bond acceptors (Lipinski definition) is 6. The molecule has 0 aliphatic rings. The maximum Gasteiger partial charge on any atom is 0.187 e. The number of fused-ring (bicyclic) bond motifs is 1. The number of rotatable bonds is 4. The molecule has 0 spiro atoms. The van der Waals surface area contributed by atoms with Crippen LogP contribution in [0.3, 0.4) is 0 Å². The van der Waals surface area contributed by atoms with Gasteiger partial charge < -0.3 is 19.9 Å². The molecule has 3 rings (SSSR count). The molecular formula is C18H14ClN3O3. The van der Waals surface area contributed by atoms with E-state index in [4.69, 9.17) is 21.1 Å². The van der Waals surface area contributed by atoms with Gasteiger partial charge in [0, 0.05) is 17.3 Å². The predicted molar refractivity (Wildman–Crippen MR) is 96.0 cm³/mol. The quantitative estimate of drug-likeness (QED) is 0.681. The van der Waals surface area contributed by atoms with Crippen molar-refractivity contribution in [1.29, 1.82) is 5.26 Å². The molecule has 1 aromatic heterocycles. The lowest BCUT2D eigenvalue weighted by Gasteiger charge is -2.15. The number of nitrogens with zero attached hydrogens (tertiary/aromatic N) is 2. The standard InChI is InChI=1S/C18H14ClN3O3/c1-24-15-6-4-12-16(22-11-3-5-14(23)13(19)7-11)10(8-20)9-21-17(12)18(15)25-2/h3-7,9,23H,1-2H3,(H,21,22). The Hall–Kier alpha value is -3.17. The van der Waals surface area contributed by atoms with E-state index in [0.717, 1.165) is 0 Å². The van der Waals surface area contributed by atoms with Crippen LogP contribution in [0.1, 0.15) is 5.56 Å². The van der Waals surface area contributed by atoms with E-state index >= 15 is 0 Å². The first kappa shape index (κ1) is 16.7. The van der Waals surface area contributed by atoms with Crippen LogP contribution < -0.4 is 14.8 Å². The van der Waals surface area contributed by atoms with E-state index in [9.17, 15) is 10.4 Å². The zero-order chi connectivity index (χ0) is 18.0. The van der Waals surface area contributed by atoms with Gasteiger partial charge in [0.2, 0.25) is 0 Å². The van der Waals surface area contributed by atoms with E-state index in [0.29, 0.717) is 39.3 Å². The minimum atomic E-state index is -0.0151. The van der Waals surface area contributed by atoms with Crippen molar-refractivity contribution in [1.82, 2.24) is 4.98 Å². The molecule has 0 amide bonds. The number of anilines is 2. The highest BCUT2D eigenvalue weighted by Crippen LogP contribution is 2.39. The molecule has 0 atom stereocenters. The summed E-state index contributed by atoms with van der Waals surface area (Å²) in [6.07, 6.45) is 1.47. The van der Waals surface area contributed by atoms with Crippen LogP contribution in [0.4, 0.5) is 11.4 Å². The van der Waals surface area contributed by atoms with Crippen molar-refractivity contribution in [3.63, 3.8) is 0 Å². The number of benzene rings is 2. The maximum atomic E-state index is 9.56. The number of pyridine rings is 1. The molecular weight excluding hydrogens is 342 g/mol. The van der Waals surface area contributed by atoms with E-state index < -0.39 is 0 Å². The third-order valence-electron chi connectivity index (χ3n) is 3.72. The third kappa shape index (κ3) is 2.97. The first-order valence-electron chi connectivity index (χ1n) is 7.28. The second-order valence-electron chi connectivity index (χ2n) is 5.15. The third-order valence-corrected chi connectivity index (χ3v) is 4.02. The molecule has 0 radical (unpaired) electrons. The summed E-state index contributed by atoms with van der Waals surface area (Å²) in [6.45, 7) is 0. The minimum absolute atomic E-state index is 0.0151. The summed E-state index contributed by atoms with van der Waals surface area (Å²) in [5.74, 6) is 1.01. The largest absolute Gasteiger partial charge is 0.506 e. The minimum Gasteiger partial charge on any atom is -0.506 e. The zero-order valence-electron chi connectivity index (χ0n) is 13.5. The van der Waals surface area contributed by atoms with Crippen molar-refractivity contribution in [3.05, 3.63) is 47.1 Å². The van der Waals surface area contributed by atoms with E-state index in [2.05, 4.69) is 16.4 Å². The first-order valence-corrected chi connectivity index (χ1v) is 7.66. The van der Waals surface area contributed by atoms with Crippen molar-refractivity contribution in [2.24, 2.45) is 0 Å². The molecule has 126 valence electrons. The summed E-state index contributed by atoms with van der Waals surface area (Å²) < 4.78 is 10.7. The van der Waals surface area contributed by atoms with Gasteiger partial charge in [-0.1, -0.05) is 11.6 Å². The van der Waals surface area contributed by atoms with Crippen LogP contribution in [0.5, 0.6) is 17.2 Å². The van der Waals surface area contributed by atoms with Gasteiger partial charge in [-0.15, -0.1) is 0 Å². The summed E-state index contributed by atoms with van der Waals surface area (Å²) in [5, 5.41) is 23.1. The average molecular weight is 356 g/mol. The Balaban J connectivity index is 2.21. The van der Waals surface area contributed by atoms with E-state index in [1.54, 1.807) is 31.4 Å². The number of aromatic hydroxyl groups is 1. The lowest BCUT2D eigenvalue weighted by Crippen LogP contribution is -1.99. The van der Waals surface area contributed by atoms with E-state index in [-0.39, 0.29) is 10.8 Å². The highest BCUT2D eigenvalue weighted by atomic mass is 35.5. The highest BCUT2D eigenvalue weighted by Gasteiger charge is 2.16. The topological polar surface area (TPSA) is 87.4 Å². The van der Waals surface area contributed by atoms with Crippen molar-refractivity contribution in [2.45, 2.75) is 0 Å². The first-order chi connectivity index (χ1) is 12.1. The molecule has 0 saturated heterocycles. The number of ether oxygens (including phenoxy) is 2. The molecule has 3 aromatic rings. The summed E-state index contributed by atoms with van der Waals surface area (Å²) in [5.41, 5.74) is 2.12. The van der Waals surface area contributed by atoms with Crippen LogP contribution in [-0.2, 0) is 0 Å². The number of aromatic nitrogens is 1. The Kier molecular flexibility index (Phi) is 4.50. The number of methoxy groups -OCH3 is 2. The van der Waals surface area contributed by atoms with Gasteiger partial charge in [0.15, 0.2) is 11.5 Å². The maximum absolute atomic E-state index is 9.56. The Morgan fingerprint density at radius 3 is 2.64 bits per heavy atom. The molecule has 7 heteroatoms. The van der Waals surface area contributed by atoms with Crippen molar-refractivity contribution >= 4 is 33.9 Å². The molecule has 0 bridgehead atoms. The van der Waals surface area contributed by atoms with Gasteiger partial charge in [0.05, 0.1) is 30.5 Å². The Morgan fingerprint density at radius 1 is 1.20 bits per heavy atom. The van der Waals surface area contributed by atoms with Crippen LogP contribution in [0.25, 0.3) is 10.9 Å². The molecule has 25 heavy (non-hydrogen) atoms. The Morgan fingerprint density at radius 2 is 2.00 bits per heavy atom. The van der Waals surface area contributed by atoms with E-state index in [1.165, 1.54) is 19.4 Å². The highest BCUT2D eigenvalue weighted by molar-refractivity contribution is 6.32. The van der Waals surface area contributed by atoms with Crippen molar-refractivity contribution in [2.75, 3.05) is 19.5 Å². The lowest BCUT2D eigenvalue weighted by molar-refractivity contribution is 0.358. The molecule has 0 aliphatic carbocycles. The summed E-state index contributed by atoms with van der Waals surface area (Å²) >= 11 is 5.96. The van der Waals surface area contributed by atoms with Gasteiger partial charge in [-0.05, 0) is 30.3 Å². The second-order valence-corrected chi connectivity index (χ2v) is 5.55. The number of hydrogen-bond donors (Lipinski definition) is 2. The van der Waals surface area contributed by atoms with Crippen LogP contribution in [-0.4, -0.2) is 24.3 Å². The molecule has 0 fully saturated rings. The second kappa shape index (κ2) is 6.75. The molecule has 0 unspecified atom stereocenters. The van der Waals surface area contributed by atoms with Gasteiger partial charge in [-0.3, -0.25) is 4.98 Å². The smallest absolute Gasteiger partial charge is 0.187 e. The van der Waals surface area contributed by atoms with E-state index in [1.807, 2.05) is 0 Å². The lowest BCUT2D eigenvalue weighted by atomic mass is 10.1. The fourth-order valence-corrected chi connectivity index (χ4v) is 2.71. The average Bonchev–Trinajstić information content (AvgIpc) is 2.63. The van der Waals surface area contributed by atoms with Crippen molar-refractivity contribution < 1.29 is 14.6 Å². The summed E-state index contributed by atoms with van der Waals surface area (Å²) in [7, 11) is 3.08. The number of halogens is 1. The summed E-state index contributed by atoms with van der Waals surface area (Å²) in [6, 6.07) is 10.4. The molecule has 2 aromatic carbocycles. The predicted octanol–water partition coefficient (Wildman–Crippen LogP) is 4.23. The molecule has 0 aliphatic heterocycles. The molecule has 6 nitrogen and oxygen atoms in total. The zero-order valence-corrected chi connectivity index (χ0v) is 14.3. The van der Waals surface area contributed by atoms with Gasteiger partial charge in [0.25, 0.3) is 0 Å². The van der Waals surface area contributed by atoms with Crippen LogP contribution in [0, 0.1) is 11.3 Å². The van der Waals surface area contributed by atoms with Crippen LogP contribution in [0.15, 0.2) is 36.5 Å². The number of phenols is 1. The fourth-order valence-electron chi connectivity index (χ4n) is 2.53. The van der Waals surface area contributed by atoms with Gasteiger partial charge >= 0.3 is 0 Å². The summed E-state index contributed by atoms with van der Waals surface area (Å²) in [4.78, 5) is 4.33. The van der Waals surface area contributed by atoms with Gasteiger partial charge in [0.1, 0.15) is 17.3 Å². The number of nitriles is 1. The van der Waals surface area contributed by atoms with Gasteiger partial charge in [-0.25, -0.2) is 0 Å². The molecule has 1 heterocycles. The van der Waals surface area contributed by atoms with Crippen LogP contribution in [0.2, 0.25) is 5.02 Å². The van der Waals surface area contributed by atoms with Gasteiger partial charge in [-0.2, -0.15) is 5.26 Å². The molecule has 0 saturated carbocycles. The van der Waals surface area contributed by atoms with Crippen LogP contribution >= 0.6 is 11.6 Å². The van der Waals surface area contributed by atoms with Crippen molar-refractivity contribution in [3.8, 4) is 23.3 Å². The number of phenolic OH excluding ortho intramolecular Hbond substituents is 1. The Bertz CT molecular complexity index is 999. The number of nitrogens with one attached hydrogen (secondary N) is 1.